The zero-order chi connectivity index (χ0) is 21.1. The molecule has 2 saturated heterocycles. The van der Waals surface area contributed by atoms with E-state index in [9.17, 15) is 30.3 Å². The maximum absolute atomic E-state index is 11.4. The number of carbonyl (C=O) groups excluding carboxylic acids is 1. The quantitative estimate of drug-likeness (QED) is 0.277. The number of rotatable bonds is 5. The summed E-state index contributed by atoms with van der Waals surface area (Å²) in [5.74, 6) is -0.128. The van der Waals surface area contributed by atoms with Gasteiger partial charge in [0.25, 0.3) is 0 Å². The molecule has 1 saturated carbocycles. The van der Waals surface area contributed by atoms with E-state index in [0.717, 1.165) is 0 Å². The van der Waals surface area contributed by atoms with Crippen molar-refractivity contribution in [2.24, 2.45) is 5.41 Å². The van der Waals surface area contributed by atoms with Gasteiger partial charge in [-0.1, -0.05) is 13.8 Å². The van der Waals surface area contributed by atoms with Crippen LogP contribution in [0.2, 0.25) is 0 Å². The molecular weight excluding hydrogens is 372 g/mol. The molecule has 2 heterocycles. The Morgan fingerprint density at radius 1 is 1.14 bits per heavy atom. The molecule has 0 bridgehead atoms. The third-order valence-corrected chi connectivity index (χ3v) is 6.41. The summed E-state index contributed by atoms with van der Waals surface area (Å²) in [6, 6.07) is 0. The molecule has 3 aliphatic rings. The molecule has 0 unspecified atom stereocenters. The monoisotopic (exact) mass is 402 g/mol. The van der Waals surface area contributed by atoms with Crippen molar-refractivity contribution in [1.29, 1.82) is 0 Å². The van der Waals surface area contributed by atoms with E-state index in [1.54, 1.807) is 13.0 Å². The van der Waals surface area contributed by atoms with Crippen LogP contribution in [0.4, 0.5) is 0 Å². The lowest BCUT2D eigenvalue weighted by Crippen LogP contribution is -2.62. The van der Waals surface area contributed by atoms with Crippen LogP contribution >= 0.6 is 0 Å². The number of aliphatic hydroxyl groups excluding tert-OH is 5. The van der Waals surface area contributed by atoms with Crippen molar-refractivity contribution in [3.63, 3.8) is 0 Å². The fraction of sp³-hybridized carbons (Fsp3) is 0.842. The second-order valence-corrected chi connectivity index (χ2v) is 8.79. The van der Waals surface area contributed by atoms with Gasteiger partial charge in [0, 0.05) is 5.41 Å². The van der Waals surface area contributed by atoms with Gasteiger partial charge >= 0.3 is 0 Å². The Morgan fingerprint density at radius 3 is 2.36 bits per heavy atom. The molecule has 1 aliphatic carbocycles. The van der Waals surface area contributed by atoms with Gasteiger partial charge in [-0.3, -0.25) is 4.79 Å². The molecule has 0 aromatic heterocycles. The summed E-state index contributed by atoms with van der Waals surface area (Å²) in [5.41, 5.74) is -2.36. The van der Waals surface area contributed by atoms with Gasteiger partial charge in [0.1, 0.15) is 41.7 Å². The molecule has 9 atom stereocenters. The van der Waals surface area contributed by atoms with Crippen LogP contribution < -0.4 is 0 Å². The fourth-order valence-electron chi connectivity index (χ4n) is 4.65. The first kappa shape index (κ1) is 21.8. The highest BCUT2D eigenvalue weighted by Gasteiger charge is 2.79. The predicted octanol–water partition coefficient (Wildman–Crippen LogP) is -1.36. The largest absolute Gasteiger partial charge is 0.394 e. The van der Waals surface area contributed by atoms with Gasteiger partial charge in [0.2, 0.25) is 0 Å². The standard InChI is InChI=1S/C19H30O9/c1-9(21)5-6-19-17(2,3)7-10(15(25)18(19,4)28-19)26-16-14(24)13(23)12(22)11(8-20)27-16/h5-6,10-16,20,22-25H,7-8H2,1-4H3/t10-,11+,12+,13-,14+,15-,16+,18-,19+/m0/s1. The van der Waals surface area contributed by atoms with Crippen LogP contribution in [0.3, 0.4) is 0 Å². The van der Waals surface area contributed by atoms with Gasteiger partial charge < -0.3 is 39.7 Å². The Morgan fingerprint density at radius 2 is 1.79 bits per heavy atom. The average molecular weight is 402 g/mol. The molecule has 3 rings (SSSR count). The number of allylic oxidation sites excluding steroid dienone is 1. The van der Waals surface area contributed by atoms with Crippen molar-refractivity contribution in [2.75, 3.05) is 6.61 Å². The summed E-state index contributed by atoms with van der Waals surface area (Å²) >= 11 is 0. The normalized spacial score (nSPS) is 50.4. The maximum atomic E-state index is 11.4. The van der Waals surface area contributed by atoms with Crippen molar-refractivity contribution >= 4 is 5.78 Å². The molecule has 0 radical (unpaired) electrons. The predicted molar refractivity (Wildman–Crippen MR) is 95.1 cm³/mol. The van der Waals surface area contributed by atoms with Crippen molar-refractivity contribution in [3.8, 4) is 0 Å². The highest BCUT2D eigenvalue weighted by Crippen LogP contribution is 2.66. The van der Waals surface area contributed by atoms with Crippen LogP contribution in [0.25, 0.3) is 0 Å². The molecule has 0 spiro atoms. The van der Waals surface area contributed by atoms with Gasteiger partial charge in [0.05, 0.1) is 12.7 Å². The van der Waals surface area contributed by atoms with E-state index in [4.69, 9.17) is 14.2 Å². The van der Waals surface area contributed by atoms with Crippen LogP contribution in [0.15, 0.2) is 12.2 Å². The summed E-state index contributed by atoms with van der Waals surface area (Å²) in [7, 11) is 0. The first-order valence-electron chi connectivity index (χ1n) is 9.44. The maximum Gasteiger partial charge on any atom is 0.187 e. The van der Waals surface area contributed by atoms with Gasteiger partial charge in [-0.05, 0) is 32.4 Å². The lowest BCUT2D eigenvalue weighted by molar-refractivity contribution is -0.322. The van der Waals surface area contributed by atoms with Gasteiger partial charge in [-0.15, -0.1) is 0 Å². The molecule has 0 aromatic rings. The van der Waals surface area contributed by atoms with Gasteiger partial charge in [0.15, 0.2) is 12.1 Å². The van der Waals surface area contributed by atoms with E-state index in [0.29, 0.717) is 6.42 Å². The minimum absolute atomic E-state index is 0.128. The summed E-state index contributed by atoms with van der Waals surface area (Å²) in [4.78, 5) is 11.4. The second kappa shape index (κ2) is 7.10. The number of hydrogen-bond acceptors (Lipinski definition) is 9. The number of ketones is 1. The highest BCUT2D eigenvalue weighted by molar-refractivity contribution is 5.87. The minimum Gasteiger partial charge on any atom is -0.394 e. The Kier molecular flexibility index (Phi) is 5.53. The molecule has 28 heavy (non-hydrogen) atoms. The van der Waals surface area contributed by atoms with E-state index < -0.39 is 66.1 Å². The van der Waals surface area contributed by atoms with E-state index >= 15 is 0 Å². The molecule has 9 nitrogen and oxygen atoms in total. The summed E-state index contributed by atoms with van der Waals surface area (Å²) in [6.45, 7) is 6.45. The van der Waals surface area contributed by atoms with Crippen LogP contribution in [-0.4, -0.2) is 92.0 Å². The number of hydrogen-bond donors (Lipinski definition) is 5. The van der Waals surface area contributed by atoms with Crippen molar-refractivity contribution < 1.29 is 44.5 Å². The molecule has 3 fully saturated rings. The Labute approximate surface area is 163 Å². The van der Waals surface area contributed by atoms with Crippen molar-refractivity contribution in [1.82, 2.24) is 0 Å². The first-order valence-corrected chi connectivity index (χ1v) is 9.44. The second-order valence-electron chi connectivity index (χ2n) is 8.79. The SMILES string of the molecule is CC(=O)C=C[C@]12O[C@@]1(C)[C@@H](O)[C@@H](O[C@@H]1O[C@H](CO)[C@@H](O)[C@H](O)[C@H]1O)CC2(C)C. The highest BCUT2D eigenvalue weighted by atomic mass is 16.7. The number of epoxide rings is 1. The zero-order valence-electron chi connectivity index (χ0n) is 16.5. The Balaban J connectivity index is 1.80. The molecule has 0 aromatic carbocycles. The lowest BCUT2D eigenvalue weighted by atomic mass is 9.62. The van der Waals surface area contributed by atoms with E-state index in [-0.39, 0.29) is 5.78 Å². The Bertz CT molecular complexity index is 647. The summed E-state index contributed by atoms with van der Waals surface area (Å²) < 4.78 is 17.1. The van der Waals surface area contributed by atoms with E-state index in [2.05, 4.69) is 0 Å². The topological polar surface area (TPSA) is 149 Å². The number of aliphatic hydroxyl groups is 5. The number of carbonyl (C=O) groups is 1. The van der Waals surface area contributed by atoms with Crippen LogP contribution in [0.1, 0.15) is 34.1 Å². The minimum atomic E-state index is -1.56. The van der Waals surface area contributed by atoms with E-state index in [1.165, 1.54) is 13.0 Å². The molecule has 5 N–H and O–H groups in total. The van der Waals surface area contributed by atoms with Gasteiger partial charge in [-0.2, -0.15) is 0 Å². The molecule has 0 amide bonds. The Hall–Kier alpha value is -0.910. The van der Waals surface area contributed by atoms with Crippen molar-refractivity contribution in [2.45, 2.75) is 88.2 Å². The third kappa shape index (κ3) is 3.14. The summed E-state index contributed by atoms with van der Waals surface area (Å²) in [6.07, 6.45) is -5.49. The number of ether oxygens (including phenoxy) is 3. The third-order valence-electron chi connectivity index (χ3n) is 6.41. The summed E-state index contributed by atoms with van der Waals surface area (Å²) in [5, 5.41) is 50.2. The molecule has 9 heteroatoms. The zero-order valence-corrected chi connectivity index (χ0v) is 16.5. The van der Waals surface area contributed by atoms with Crippen LogP contribution in [-0.2, 0) is 19.0 Å². The van der Waals surface area contributed by atoms with Crippen LogP contribution in [0, 0.1) is 5.41 Å². The van der Waals surface area contributed by atoms with Crippen molar-refractivity contribution in [3.05, 3.63) is 12.2 Å². The number of fused-ring (bicyclic) bond motifs is 1. The fourth-order valence-corrected chi connectivity index (χ4v) is 4.65. The first-order chi connectivity index (χ1) is 12.9. The smallest absolute Gasteiger partial charge is 0.187 e. The molecule has 2 aliphatic heterocycles. The molecule has 160 valence electrons. The lowest BCUT2D eigenvalue weighted by Gasteiger charge is -2.46. The van der Waals surface area contributed by atoms with E-state index in [1.807, 2.05) is 13.8 Å². The van der Waals surface area contributed by atoms with Gasteiger partial charge in [-0.25, -0.2) is 0 Å². The molecular formula is C19H30O9. The van der Waals surface area contributed by atoms with Crippen LogP contribution in [0.5, 0.6) is 0 Å². The average Bonchev–Trinajstić information content (AvgIpc) is 3.27.